The van der Waals surface area contributed by atoms with Crippen molar-refractivity contribution in [3.63, 3.8) is 0 Å². The van der Waals surface area contributed by atoms with E-state index < -0.39 is 16.0 Å². The summed E-state index contributed by atoms with van der Waals surface area (Å²) in [5, 5.41) is 9.86. The van der Waals surface area contributed by atoms with Crippen LogP contribution in [0.25, 0.3) is 10.6 Å². The molecule has 2 heterocycles. The van der Waals surface area contributed by atoms with Crippen molar-refractivity contribution in [2.45, 2.75) is 4.90 Å². The molecule has 2 aromatic heterocycles. The van der Waals surface area contributed by atoms with Crippen LogP contribution in [0.2, 0.25) is 0 Å². The summed E-state index contributed by atoms with van der Waals surface area (Å²) in [4.78, 5) is 17.2. The molecule has 3 aromatic rings. The number of thiazole rings is 1. The predicted molar refractivity (Wildman–Crippen MR) is 86.1 cm³/mol. The summed E-state index contributed by atoms with van der Waals surface area (Å²) in [6, 6.07) is 10.4. The van der Waals surface area contributed by atoms with Crippen molar-refractivity contribution in [2.75, 3.05) is 4.72 Å². The summed E-state index contributed by atoms with van der Waals surface area (Å²) in [6.07, 6.45) is 2.56. The van der Waals surface area contributed by atoms with Crippen molar-refractivity contribution in [3.05, 3.63) is 54.5 Å². The fourth-order valence-electron chi connectivity index (χ4n) is 1.88. The topological polar surface area (TPSA) is 112 Å². The van der Waals surface area contributed by atoms with E-state index in [-0.39, 0.29) is 10.6 Å². The molecule has 0 saturated carbocycles. The molecule has 118 valence electrons. The van der Waals surface area contributed by atoms with E-state index in [9.17, 15) is 13.2 Å². The largest absolute Gasteiger partial charge is 0.477 e. The number of nitrogens with zero attached hydrogens (tertiary/aromatic N) is 1. The Morgan fingerprint density at radius 1 is 1.26 bits per heavy atom. The van der Waals surface area contributed by atoms with Crippen molar-refractivity contribution in [2.24, 2.45) is 0 Å². The molecule has 9 heteroatoms. The van der Waals surface area contributed by atoms with Crippen LogP contribution in [0.5, 0.6) is 0 Å². The molecule has 7 nitrogen and oxygen atoms in total. The number of nitrogens with one attached hydrogen (secondary N) is 2. The first-order valence-electron chi connectivity index (χ1n) is 6.41. The number of hydrogen-bond acceptors (Lipinski definition) is 5. The molecule has 0 spiro atoms. The lowest BCUT2D eigenvalue weighted by Gasteiger charge is -2.02. The van der Waals surface area contributed by atoms with Gasteiger partial charge in [0.25, 0.3) is 10.0 Å². The Morgan fingerprint density at radius 2 is 2.00 bits per heavy atom. The van der Waals surface area contributed by atoms with Crippen molar-refractivity contribution >= 4 is 32.3 Å². The molecule has 1 aromatic carbocycles. The average Bonchev–Trinajstić information content (AvgIpc) is 3.17. The maximum absolute atomic E-state index is 12.2. The maximum atomic E-state index is 12.2. The third kappa shape index (κ3) is 3.25. The number of sulfonamides is 1. The second-order valence-electron chi connectivity index (χ2n) is 4.56. The molecule has 23 heavy (non-hydrogen) atoms. The number of anilines is 1. The number of H-pyrrole nitrogens is 1. The maximum Gasteiger partial charge on any atom is 0.352 e. The third-order valence-corrected chi connectivity index (χ3v) is 5.39. The van der Waals surface area contributed by atoms with E-state index in [0.717, 1.165) is 17.8 Å². The molecular weight excluding hydrogens is 338 g/mol. The summed E-state index contributed by atoms with van der Waals surface area (Å²) < 4.78 is 26.9. The number of aromatic nitrogens is 2. The molecule has 0 unspecified atom stereocenters. The monoisotopic (exact) mass is 349 g/mol. The third-order valence-electron chi connectivity index (χ3n) is 2.96. The van der Waals surface area contributed by atoms with Crippen LogP contribution in [0, 0.1) is 0 Å². The van der Waals surface area contributed by atoms with Gasteiger partial charge < -0.3 is 10.1 Å². The van der Waals surface area contributed by atoms with Crippen molar-refractivity contribution in [3.8, 4) is 10.6 Å². The fraction of sp³-hybridized carbons (Fsp3) is 0. The quantitative estimate of drug-likeness (QED) is 0.655. The lowest BCUT2D eigenvalue weighted by Crippen LogP contribution is -2.11. The van der Waals surface area contributed by atoms with E-state index in [1.165, 1.54) is 17.5 Å². The smallest absolute Gasteiger partial charge is 0.352 e. The van der Waals surface area contributed by atoms with Crippen LogP contribution in [0.15, 0.2) is 53.7 Å². The van der Waals surface area contributed by atoms with Crippen LogP contribution in [-0.4, -0.2) is 29.5 Å². The second-order valence-corrected chi connectivity index (χ2v) is 7.27. The van der Waals surface area contributed by atoms with Crippen LogP contribution >= 0.6 is 11.3 Å². The standard InChI is InChI=1S/C14H11N3O4S2/c18-14(19)11-6-10(7-15-11)23(20,21)17-12-8-16-13(22-12)9-4-2-1-3-5-9/h1-8,15,17H,(H,18,19). The molecule has 0 amide bonds. The van der Waals surface area contributed by atoms with Crippen LogP contribution < -0.4 is 4.72 Å². The van der Waals surface area contributed by atoms with Gasteiger partial charge in [-0.1, -0.05) is 41.7 Å². The normalized spacial score (nSPS) is 11.3. The van der Waals surface area contributed by atoms with Gasteiger partial charge in [-0.3, -0.25) is 4.72 Å². The molecule has 0 radical (unpaired) electrons. The zero-order valence-corrected chi connectivity index (χ0v) is 13.2. The lowest BCUT2D eigenvalue weighted by molar-refractivity contribution is 0.0691. The fourth-order valence-corrected chi connectivity index (χ4v) is 3.97. The van der Waals surface area contributed by atoms with E-state index in [1.807, 2.05) is 30.3 Å². The van der Waals surface area contributed by atoms with Crippen molar-refractivity contribution in [1.82, 2.24) is 9.97 Å². The van der Waals surface area contributed by atoms with Gasteiger partial charge in [0.2, 0.25) is 0 Å². The highest BCUT2D eigenvalue weighted by Crippen LogP contribution is 2.29. The number of benzene rings is 1. The average molecular weight is 349 g/mol. The minimum absolute atomic E-state index is 0.149. The molecule has 0 aliphatic carbocycles. The van der Waals surface area contributed by atoms with Crippen LogP contribution in [0.1, 0.15) is 10.5 Å². The van der Waals surface area contributed by atoms with Crippen LogP contribution in [0.3, 0.4) is 0 Å². The molecule has 3 N–H and O–H groups in total. The Hall–Kier alpha value is -2.65. The van der Waals surface area contributed by atoms with E-state index >= 15 is 0 Å². The minimum Gasteiger partial charge on any atom is -0.477 e. The minimum atomic E-state index is -3.87. The molecule has 0 aliphatic heterocycles. The van der Waals surface area contributed by atoms with Crippen molar-refractivity contribution in [1.29, 1.82) is 0 Å². The van der Waals surface area contributed by atoms with E-state index in [1.54, 1.807) is 0 Å². The summed E-state index contributed by atoms with van der Waals surface area (Å²) >= 11 is 1.19. The number of rotatable bonds is 5. The van der Waals surface area contributed by atoms with Crippen LogP contribution in [0.4, 0.5) is 5.00 Å². The van der Waals surface area contributed by atoms with Gasteiger partial charge in [0.15, 0.2) is 0 Å². The van der Waals surface area contributed by atoms with Crippen LogP contribution in [-0.2, 0) is 10.0 Å². The first kappa shape index (κ1) is 15.3. The highest BCUT2D eigenvalue weighted by molar-refractivity contribution is 7.93. The summed E-state index contributed by atoms with van der Waals surface area (Å²) in [7, 11) is -3.87. The molecular formula is C14H11N3O4S2. The molecule has 3 rings (SSSR count). The number of aromatic carboxylic acids is 1. The Balaban J connectivity index is 1.83. The zero-order valence-electron chi connectivity index (χ0n) is 11.6. The molecule has 0 bridgehead atoms. The van der Waals surface area contributed by atoms with Gasteiger partial charge in [0.05, 0.1) is 6.20 Å². The zero-order chi connectivity index (χ0) is 16.4. The lowest BCUT2D eigenvalue weighted by atomic mass is 10.2. The van der Waals surface area contributed by atoms with E-state index in [4.69, 9.17) is 5.11 Å². The first-order chi connectivity index (χ1) is 11.0. The molecule has 0 atom stereocenters. The number of hydrogen-bond donors (Lipinski definition) is 3. The van der Waals surface area contributed by atoms with E-state index in [0.29, 0.717) is 10.0 Å². The Bertz CT molecular complexity index is 945. The number of carboxylic acids is 1. The molecule has 0 aliphatic rings. The Kier molecular flexibility index (Phi) is 3.89. The SMILES string of the molecule is O=C(O)c1cc(S(=O)(=O)Nc2cnc(-c3ccccc3)s2)c[nH]1. The first-order valence-corrected chi connectivity index (χ1v) is 8.71. The van der Waals surface area contributed by atoms with Gasteiger partial charge in [-0.05, 0) is 6.07 Å². The number of aromatic amines is 1. The van der Waals surface area contributed by atoms with Gasteiger partial charge >= 0.3 is 5.97 Å². The number of carboxylic acid groups (broad SMARTS) is 1. The highest BCUT2D eigenvalue weighted by Gasteiger charge is 2.19. The van der Waals surface area contributed by atoms with Crippen molar-refractivity contribution < 1.29 is 18.3 Å². The van der Waals surface area contributed by atoms with Gasteiger partial charge in [-0.2, -0.15) is 0 Å². The van der Waals surface area contributed by atoms with Gasteiger partial charge in [0.1, 0.15) is 20.6 Å². The second kappa shape index (κ2) is 5.86. The summed E-state index contributed by atoms with van der Waals surface area (Å²) in [5.74, 6) is -1.23. The number of carbonyl (C=O) groups is 1. The van der Waals surface area contributed by atoms with Gasteiger partial charge in [0, 0.05) is 11.8 Å². The van der Waals surface area contributed by atoms with E-state index in [2.05, 4.69) is 14.7 Å². The predicted octanol–water partition coefficient (Wildman–Crippen LogP) is 2.64. The Morgan fingerprint density at radius 3 is 2.65 bits per heavy atom. The molecule has 0 fully saturated rings. The van der Waals surface area contributed by atoms with Gasteiger partial charge in [-0.15, -0.1) is 0 Å². The van der Waals surface area contributed by atoms with Gasteiger partial charge in [-0.25, -0.2) is 18.2 Å². The highest BCUT2D eigenvalue weighted by atomic mass is 32.2. The summed E-state index contributed by atoms with van der Waals surface area (Å²) in [5.41, 5.74) is 0.692. The summed E-state index contributed by atoms with van der Waals surface area (Å²) in [6.45, 7) is 0. The Labute approximate surface area is 135 Å². The molecule has 0 saturated heterocycles.